The zero-order valence-electron chi connectivity index (χ0n) is 26.7. The molecule has 0 aliphatic carbocycles. The van der Waals surface area contributed by atoms with Crippen LogP contribution >= 0.6 is 0 Å². The Bertz CT molecular complexity index is 1470. The summed E-state index contributed by atoms with van der Waals surface area (Å²) < 4.78 is 0. The van der Waals surface area contributed by atoms with Crippen LogP contribution in [0, 0.1) is 0 Å². The maximum Gasteiger partial charge on any atom is 3.00 e. The molecule has 1 heterocycles. The summed E-state index contributed by atoms with van der Waals surface area (Å²) in [5.74, 6) is -6.29. The molecular weight excluding hydrogens is 719 g/mol. The van der Waals surface area contributed by atoms with Gasteiger partial charge in [0.15, 0.2) is 11.5 Å². The molecule has 2 aromatic carbocycles. The molecule has 1 unspecified atom stereocenters. The minimum atomic E-state index is -1.38. The van der Waals surface area contributed by atoms with Crippen LogP contribution in [0.4, 0.5) is 5.69 Å². The van der Waals surface area contributed by atoms with E-state index in [-0.39, 0.29) is 103 Å². The van der Waals surface area contributed by atoms with E-state index in [1.54, 1.807) is 39.0 Å². The number of anilines is 1. The van der Waals surface area contributed by atoms with Crippen LogP contribution < -0.4 is 20.6 Å². The maximum absolute atomic E-state index is 12.5. The number of aromatic hydroxyl groups is 2. The van der Waals surface area contributed by atoms with Crippen LogP contribution in [0.5, 0.6) is 11.5 Å². The number of benzene rings is 2. The van der Waals surface area contributed by atoms with Crippen LogP contribution in [-0.2, 0) is 63.1 Å². The monoisotopic (exact) mass is 757 g/mol. The summed E-state index contributed by atoms with van der Waals surface area (Å²) in [5, 5.41) is 66.0. The van der Waals surface area contributed by atoms with Gasteiger partial charge in [-0.2, -0.15) is 0 Å². The van der Waals surface area contributed by atoms with Crippen molar-refractivity contribution in [3.05, 3.63) is 59.7 Å². The van der Waals surface area contributed by atoms with E-state index in [0.717, 1.165) is 5.56 Å². The molecule has 0 saturated carbocycles. The van der Waals surface area contributed by atoms with Crippen LogP contribution in [0.3, 0.4) is 0 Å². The topological polar surface area (TPSA) is 240 Å². The first-order valence-electron chi connectivity index (χ1n) is 15.1. The Morgan fingerprint density at radius 2 is 1.29 bits per heavy atom. The Kier molecular flexibility index (Phi) is 17.3. The minimum Gasteiger partial charge on any atom is -0.549 e. The molecule has 2 aromatic rings. The van der Waals surface area contributed by atoms with Crippen molar-refractivity contribution in [2.24, 2.45) is 0 Å². The molecule has 1 aliphatic rings. The van der Waals surface area contributed by atoms with E-state index < -0.39 is 55.5 Å². The quantitative estimate of drug-likeness (QED) is 0.113. The van der Waals surface area contributed by atoms with Crippen LogP contribution in [0.25, 0.3) is 6.08 Å². The molecule has 17 heteroatoms. The number of carbonyl (C=O) groups is 5. The number of nitrogens with one attached hydrogen (secondary N) is 1. The smallest absolute Gasteiger partial charge is 0.549 e. The molecule has 1 saturated heterocycles. The number of hydrogen-bond donors (Lipinski definition) is 4. The maximum atomic E-state index is 12.5. The van der Waals surface area contributed by atoms with Gasteiger partial charge in [-0.15, -0.1) is 0 Å². The number of hydrogen-bond acceptors (Lipinski definition) is 14. The van der Waals surface area contributed by atoms with E-state index in [2.05, 4.69) is 5.32 Å². The summed E-state index contributed by atoms with van der Waals surface area (Å²) in [6, 6.07) is 10.2. The van der Waals surface area contributed by atoms with Gasteiger partial charge in [0.25, 0.3) is 0 Å². The van der Waals surface area contributed by atoms with Gasteiger partial charge in [0.2, 0.25) is 5.91 Å². The molecule has 1 fully saturated rings. The molecule has 1 atom stereocenters. The van der Waals surface area contributed by atoms with E-state index >= 15 is 0 Å². The minimum absolute atomic E-state index is 0. The van der Waals surface area contributed by atoms with Gasteiger partial charge in [-0.05, 0) is 47.9 Å². The number of phenolic OH excluding ortho intramolecular Hbond substituents is 2. The molecular formula is C32H38N5O11Y. The second-order valence-electron chi connectivity index (χ2n) is 11.4. The molecule has 260 valence electrons. The SMILES string of the molecule is O=C([O-])CN1CCN(CC(=O)O)CCN(CC(=O)[O-])CC(Cc2ccc(NC(=O)/C=C/c3ccc(O)c(O)c3)cc2)N(CC(=O)[O-])CC1.[Y+3]. The van der Waals surface area contributed by atoms with Crippen molar-refractivity contribution < 1.29 is 87.3 Å². The van der Waals surface area contributed by atoms with Crippen molar-refractivity contribution in [3.63, 3.8) is 0 Å². The molecule has 16 nitrogen and oxygen atoms in total. The van der Waals surface area contributed by atoms with Crippen LogP contribution in [0.2, 0.25) is 0 Å². The largest absolute Gasteiger partial charge is 3.00 e. The third-order valence-electron chi connectivity index (χ3n) is 7.67. The molecule has 0 bridgehead atoms. The van der Waals surface area contributed by atoms with Crippen molar-refractivity contribution in [2.45, 2.75) is 12.5 Å². The zero-order chi connectivity index (χ0) is 35.2. The van der Waals surface area contributed by atoms with E-state index in [9.17, 15) is 54.6 Å². The number of carbonyl (C=O) groups excluding carboxylic acids is 4. The summed E-state index contributed by atoms with van der Waals surface area (Å²) in [4.78, 5) is 65.0. The van der Waals surface area contributed by atoms with Crippen molar-refractivity contribution in [1.29, 1.82) is 0 Å². The Labute approximate surface area is 308 Å². The number of nitrogens with zero attached hydrogens (tertiary/aromatic N) is 4. The number of carboxylic acids is 4. The Morgan fingerprint density at radius 3 is 1.86 bits per heavy atom. The molecule has 1 aliphatic heterocycles. The first-order chi connectivity index (χ1) is 22.8. The third kappa shape index (κ3) is 15.4. The zero-order valence-corrected chi connectivity index (χ0v) is 29.6. The fourth-order valence-corrected chi connectivity index (χ4v) is 5.33. The average molecular weight is 758 g/mol. The van der Waals surface area contributed by atoms with Crippen molar-refractivity contribution in [2.75, 3.05) is 77.3 Å². The van der Waals surface area contributed by atoms with Crippen molar-refractivity contribution in [3.8, 4) is 11.5 Å². The molecule has 3 rings (SSSR count). The van der Waals surface area contributed by atoms with Crippen molar-refractivity contribution in [1.82, 2.24) is 19.6 Å². The second-order valence-corrected chi connectivity index (χ2v) is 11.4. The molecule has 49 heavy (non-hydrogen) atoms. The van der Waals surface area contributed by atoms with Gasteiger partial charge in [-0.25, -0.2) is 0 Å². The molecule has 0 spiro atoms. The van der Waals surface area contributed by atoms with Gasteiger partial charge < -0.3 is 50.3 Å². The van der Waals surface area contributed by atoms with Gasteiger partial charge >= 0.3 is 38.7 Å². The van der Waals surface area contributed by atoms with Crippen LogP contribution in [0.1, 0.15) is 11.1 Å². The number of amides is 1. The van der Waals surface area contributed by atoms with E-state index in [0.29, 0.717) is 11.3 Å². The summed E-state index contributed by atoms with van der Waals surface area (Å²) in [7, 11) is 0. The summed E-state index contributed by atoms with van der Waals surface area (Å²) in [6.45, 7) is -1.03. The van der Waals surface area contributed by atoms with Gasteiger partial charge in [0, 0.05) is 83.3 Å². The van der Waals surface area contributed by atoms with E-state index in [4.69, 9.17) is 0 Å². The predicted octanol–water partition coefficient (Wildman–Crippen LogP) is -3.79. The first-order valence-corrected chi connectivity index (χ1v) is 15.1. The van der Waals surface area contributed by atoms with Crippen LogP contribution in [-0.4, -0.2) is 143 Å². The molecule has 0 radical (unpaired) electrons. The normalized spacial score (nSPS) is 17.3. The van der Waals surface area contributed by atoms with Gasteiger partial charge in [0.05, 0.1) is 24.5 Å². The third-order valence-corrected chi connectivity index (χ3v) is 7.67. The van der Waals surface area contributed by atoms with Gasteiger partial charge in [0.1, 0.15) is 0 Å². The Balaban J connectivity index is 0.00000833. The molecule has 4 N–H and O–H groups in total. The summed E-state index contributed by atoms with van der Waals surface area (Å²) >= 11 is 0. The van der Waals surface area contributed by atoms with Crippen LogP contribution in [0.15, 0.2) is 48.5 Å². The number of phenols is 2. The fourth-order valence-electron chi connectivity index (χ4n) is 5.33. The van der Waals surface area contributed by atoms with Gasteiger partial charge in [-0.1, -0.05) is 18.2 Å². The van der Waals surface area contributed by atoms with E-state index in [1.807, 2.05) is 0 Å². The second kappa shape index (κ2) is 20.6. The fraction of sp³-hybridized carbons (Fsp3) is 0.406. The number of rotatable bonds is 13. The standard InChI is InChI=1S/C32H41N5O11.Y/c38-26-7-3-23(16-27(26)39)4-8-28(40)33-24-5-1-22(2-6-24)15-25-17-36(20-31(45)46)12-11-34(18-29(41)42)9-10-35(19-30(43)44)13-14-37(25)21-32(47)48;/h1-8,16,25,38-39H,9-15,17-21H2,(H,33,40)(H,41,42)(H,43,44)(H,45,46)(H,47,48);/q;+3/p-3/b8-4+;. The molecule has 1 amide bonds. The van der Waals surface area contributed by atoms with Crippen molar-refractivity contribution >= 4 is 41.5 Å². The summed E-state index contributed by atoms with van der Waals surface area (Å²) in [5.41, 5.74) is 1.65. The van der Waals surface area contributed by atoms with E-state index in [1.165, 1.54) is 35.3 Å². The first kappa shape index (κ1) is 41.2. The molecule has 0 aromatic heterocycles. The number of aliphatic carboxylic acids is 4. The predicted molar refractivity (Wildman–Crippen MR) is 165 cm³/mol. The van der Waals surface area contributed by atoms with Gasteiger partial charge in [-0.3, -0.25) is 29.2 Å². The Hall–Kier alpha value is -3.93. The average Bonchev–Trinajstić information content (AvgIpc) is 2.99. The number of carboxylic acid groups (broad SMARTS) is 4. The summed E-state index contributed by atoms with van der Waals surface area (Å²) in [6.07, 6.45) is 2.93. The Morgan fingerprint density at radius 1 is 0.735 bits per heavy atom.